The number of cyclic esters (lactones) is 2. The second kappa shape index (κ2) is 6.17. The van der Waals surface area contributed by atoms with Gasteiger partial charge in [0.25, 0.3) is 5.79 Å². The molecule has 0 saturated carbocycles. The van der Waals surface area contributed by atoms with Crippen molar-refractivity contribution in [2.24, 2.45) is 5.92 Å². The van der Waals surface area contributed by atoms with Gasteiger partial charge in [-0.25, -0.2) is 0 Å². The van der Waals surface area contributed by atoms with E-state index in [1.54, 1.807) is 19.2 Å². The predicted molar refractivity (Wildman–Crippen MR) is 76.1 cm³/mol. The van der Waals surface area contributed by atoms with Crippen LogP contribution in [0.4, 0.5) is 0 Å². The summed E-state index contributed by atoms with van der Waals surface area (Å²) in [6.45, 7) is 2.89. The van der Waals surface area contributed by atoms with Crippen molar-refractivity contribution in [3.8, 4) is 5.75 Å². The van der Waals surface area contributed by atoms with Gasteiger partial charge in [-0.05, 0) is 24.1 Å². The normalized spacial score (nSPS) is 17.6. The highest BCUT2D eigenvalue weighted by Crippen LogP contribution is 2.25. The fraction of sp³-hybridized carbons (Fsp3) is 0.438. The molecule has 1 saturated heterocycles. The summed E-state index contributed by atoms with van der Waals surface area (Å²) in [5.74, 6) is -4.33. The first kappa shape index (κ1) is 16.0. The van der Waals surface area contributed by atoms with Crippen LogP contribution in [0.25, 0.3) is 0 Å². The first-order valence-electron chi connectivity index (χ1n) is 6.94. The highest BCUT2D eigenvalue weighted by atomic mass is 16.7. The van der Waals surface area contributed by atoms with Gasteiger partial charge in [0.15, 0.2) is 5.78 Å². The Hall–Kier alpha value is -2.37. The summed E-state index contributed by atoms with van der Waals surface area (Å²) < 4.78 is 15.0. The largest absolute Gasteiger partial charge is 0.497 e. The van der Waals surface area contributed by atoms with Crippen molar-refractivity contribution in [1.29, 1.82) is 0 Å². The zero-order valence-corrected chi connectivity index (χ0v) is 12.8. The molecule has 0 unspecified atom stereocenters. The Morgan fingerprint density at radius 1 is 1.23 bits per heavy atom. The smallest absolute Gasteiger partial charge is 0.331 e. The van der Waals surface area contributed by atoms with Crippen molar-refractivity contribution in [2.45, 2.75) is 32.5 Å². The number of Topliss-reactive ketones (excluding diaryl/α,β-unsaturated/α-hetero) is 1. The van der Waals surface area contributed by atoms with E-state index in [0.717, 1.165) is 5.56 Å². The number of carbonyl (C=O) groups is 3. The lowest BCUT2D eigenvalue weighted by molar-refractivity contribution is -0.238. The number of aryl methyl sites for hydroxylation is 1. The van der Waals surface area contributed by atoms with Crippen LogP contribution in [0, 0.1) is 5.92 Å². The van der Waals surface area contributed by atoms with Crippen LogP contribution in [-0.4, -0.2) is 30.6 Å². The average molecular weight is 306 g/mol. The maximum absolute atomic E-state index is 12.1. The van der Waals surface area contributed by atoms with Gasteiger partial charge in [-0.3, -0.25) is 14.4 Å². The summed E-state index contributed by atoms with van der Waals surface area (Å²) >= 11 is 0. The van der Waals surface area contributed by atoms with Crippen molar-refractivity contribution in [2.75, 3.05) is 7.11 Å². The number of methoxy groups -OCH3 is 1. The third kappa shape index (κ3) is 3.63. The van der Waals surface area contributed by atoms with Gasteiger partial charge in [-0.15, -0.1) is 0 Å². The van der Waals surface area contributed by atoms with E-state index in [-0.39, 0.29) is 6.42 Å². The molecule has 1 heterocycles. The van der Waals surface area contributed by atoms with Crippen molar-refractivity contribution in [3.05, 3.63) is 29.8 Å². The average Bonchev–Trinajstić information content (AvgIpc) is 2.43. The maximum atomic E-state index is 12.1. The zero-order valence-electron chi connectivity index (χ0n) is 12.8. The molecule has 118 valence electrons. The molecule has 6 heteroatoms. The molecule has 0 bridgehead atoms. The summed E-state index contributed by atoms with van der Waals surface area (Å²) in [5, 5.41) is 0. The molecule has 0 aliphatic carbocycles. The van der Waals surface area contributed by atoms with Gasteiger partial charge < -0.3 is 14.2 Å². The van der Waals surface area contributed by atoms with Crippen LogP contribution in [0.5, 0.6) is 5.75 Å². The van der Waals surface area contributed by atoms with E-state index in [1.807, 2.05) is 12.1 Å². The molecular weight excluding hydrogens is 288 g/mol. The minimum atomic E-state index is -1.49. The van der Waals surface area contributed by atoms with Crippen molar-refractivity contribution in [3.63, 3.8) is 0 Å². The molecule has 1 aromatic carbocycles. The lowest BCUT2D eigenvalue weighted by Crippen LogP contribution is -2.49. The SMILES string of the molecule is COc1cccc(CCC(=O)C2C(=O)OC(C)(C)OC2=O)c1. The number of hydrogen-bond acceptors (Lipinski definition) is 6. The lowest BCUT2D eigenvalue weighted by atomic mass is 9.97. The fourth-order valence-corrected chi connectivity index (χ4v) is 2.22. The molecule has 1 aliphatic rings. The topological polar surface area (TPSA) is 78.9 Å². The molecular formula is C16H18O6. The van der Waals surface area contributed by atoms with E-state index in [1.165, 1.54) is 13.8 Å². The van der Waals surface area contributed by atoms with E-state index in [0.29, 0.717) is 12.2 Å². The van der Waals surface area contributed by atoms with Crippen molar-refractivity contribution >= 4 is 17.7 Å². The fourth-order valence-electron chi connectivity index (χ4n) is 2.22. The van der Waals surface area contributed by atoms with Crippen LogP contribution in [0.15, 0.2) is 24.3 Å². The van der Waals surface area contributed by atoms with E-state index in [2.05, 4.69) is 0 Å². The molecule has 6 nitrogen and oxygen atoms in total. The lowest BCUT2D eigenvalue weighted by Gasteiger charge is -2.32. The Labute approximate surface area is 128 Å². The first-order chi connectivity index (χ1) is 10.3. The number of esters is 2. The van der Waals surface area contributed by atoms with Gasteiger partial charge in [0.05, 0.1) is 7.11 Å². The second-order valence-electron chi connectivity index (χ2n) is 5.49. The number of rotatable bonds is 5. The van der Waals surface area contributed by atoms with Crippen LogP contribution in [0.3, 0.4) is 0 Å². The molecule has 0 amide bonds. The van der Waals surface area contributed by atoms with Gasteiger partial charge in [-0.2, -0.15) is 0 Å². The third-order valence-electron chi connectivity index (χ3n) is 3.28. The highest BCUT2D eigenvalue weighted by molar-refractivity contribution is 6.15. The van der Waals surface area contributed by atoms with E-state index < -0.39 is 29.4 Å². The van der Waals surface area contributed by atoms with Gasteiger partial charge >= 0.3 is 11.9 Å². The standard InChI is InChI=1S/C16H18O6/c1-16(2)21-14(18)13(15(19)22-16)12(17)8-7-10-5-4-6-11(9-10)20-3/h4-6,9,13H,7-8H2,1-3H3. The quantitative estimate of drug-likeness (QED) is 0.608. The van der Waals surface area contributed by atoms with Crippen LogP contribution >= 0.6 is 0 Å². The Kier molecular flexibility index (Phi) is 4.49. The van der Waals surface area contributed by atoms with Crippen molar-refractivity contribution in [1.82, 2.24) is 0 Å². The number of ether oxygens (including phenoxy) is 3. The number of hydrogen-bond donors (Lipinski definition) is 0. The molecule has 0 spiro atoms. The first-order valence-corrected chi connectivity index (χ1v) is 6.94. The summed E-state index contributed by atoms with van der Waals surface area (Å²) in [6.07, 6.45) is 0.443. The van der Waals surface area contributed by atoms with Gasteiger partial charge in [0, 0.05) is 20.3 Å². The predicted octanol–water partition coefficient (Wildman–Crippen LogP) is 1.65. The van der Waals surface area contributed by atoms with Crippen LogP contribution in [0.1, 0.15) is 25.8 Å². The van der Waals surface area contributed by atoms with Gasteiger partial charge in [-0.1, -0.05) is 12.1 Å². The number of carbonyl (C=O) groups excluding carboxylic acids is 3. The van der Waals surface area contributed by atoms with E-state index in [9.17, 15) is 14.4 Å². The Morgan fingerprint density at radius 3 is 2.45 bits per heavy atom. The Morgan fingerprint density at radius 2 is 1.86 bits per heavy atom. The monoisotopic (exact) mass is 306 g/mol. The summed E-state index contributed by atoms with van der Waals surface area (Å²) in [4.78, 5) is 35.7. The molecule has 1 aromatic rings. The molecule has 0 N–H and O–H groups in total. The van der Waals surface area contributed by atoms with Crippen LogP contribution in [-0.2, 0) is 30.3 Å². The van der Waals surface area contributed by atoms with E-state index >= 15 is 0 Å². The molecule has 1 aliphatic heterocycles. The number of ketones is 1. The Balaban J connectivity index is 2.00. The van der Waals surface area contributed by atoms with Gasteiger partial charge in [0.1, 0.15) is 5.75 Å². The van der Waals surface area contributed by atoms with E-state index in [4.69, 9.17) is 14.2 Å². The second-order valence-corrected chi connectivity index (χ2v) is 5.49. The molecule has 0 radical (unpaired) electrons. The Bertz CT molecular complexity index is 584. The third-order valence-corrected chi connectivity index (χ3v) is 3.28. The maximum Gasteiger partial charge on any atom is 0.331 e. The molecule has 22 heavy (non-hydrogen) atoms. The minimum Gasteiger partial charge on any atom is -0.497 e. The minimum absolute atomic E-state index is 0.0441. The van der Waals surface area contributed by atoms with Crippen molar-refractivity contribution < 1.29 is 28.6 Å². The summed E-state index contributed by atoms with van der Waals surface area (Å²) in [5.41, 5.74) is 0.880. The van der Waals surface area contributed by atoms with Gasteiger partial charge in [0.2, 0.25) is 5.92 Å². The molecule has 0 atom stereocenters. The highest BCUT2D eigenvalue weighted by Gasteiger charge is 2.46. The molecule has 2 rings (SSSR count). The molecule has 0 aromatic heterocycles. The molecule has 1 fully saturated rings. The number of benzene rings is 1. The zero-order chi connectivity index (χ0) is 16.3. The van der Waals surface area contributed by atoms with Crippen LogP contribution < -0.4 is 4.74 Å². The summed E-state index contributed by atoms with van der Waals surface area (Å²) in [7, 11) is 1.56. The van der Waals surface area contributed by atoms with Crippen LogP contribution in [0.2, 0.25) is 0 Å². The summed E-state index contributed by atoms with van der Waals surface area (Å²) in [6, 6.07) is 7.25.